The average molecular weight is 340 g/mol. The summed E-state index contributed by atoms with van der Waals surface area (Å²) in [4.78, 5) is 1.30. The number of quaternary nitrogens is 1. The van der Waals surface area contributed by atoms with Crippen LogP contribution in [0, 0.1) is 0 Å². The van der Waals surface area contributed by atoms with Gasteiger partial charge in [0.05, 0.1) is 33.1 Å². The normalized spacial score (nSPS) is 20.3. The number of ether oxygens (including phenoxy) is 3. The molecule has 2 heterocycles. The van der Waals surface area contributed by atoms with Crippen LogP contribution in [-0.2, 0) is 6.42 Å². The smallest absolute Gasteiger partial charge is 0.171 e. The molecule has 4 rings (SSSR count). The predicted octanol–water partition coefficient (Wildman–Crippen LogP) is 0.132. The Morgan fingerprint density at radius 3 is 2.44 bits per heavy atom. The number of phenolic OH excluding ortho intramolecular Hbond substituents is 1. The Kier molecular flexibility index (Phi) is 3.81. The van der Waals surface area contributed by atoms with E-state index in [0.29, 0.717) is 5.75 Å². The van der Waals surface area contributed by atoms with Gasteiger partial charge in [-0.1, -0.05) is 6.07 Å². The van der Waals surface area contributed by atoms with Crippen molar-refractivity contribution in [2.24, 2.45) is 0 Å². The number of aromatic hydroxyl groups is 1. The van der Waals surface area contributed by atoms with Crippen molar-refractivity contribution in [3.05, 3.63) is 45.8 Å². The van der Waals surface area contributed by atoms with E-state index in [2.05, 4.69) is 24.4 Å². The van der Waals surface area contributed by atoms with E-state index in [4.69, 9.17) is 14.2 Å². The van der Waals surface area contributed by atoms with Crippen LogP contribution in [0.1, 0.15) is 17.2 Å². The number of benzene rings is 2. The Labute approximate surface area is 146 Å². The molecule has 2 aromatic carbocycles. The maximum absolute atomic E-state index is 10.4. The molecule has 5 heteroatoms. The summed E-state index contributed by atoms with van der Waals surface area (Å²) < 4.78 is 16.2. The standard InChI is InChI=1S/C20H21NO4/c1-23-17-5-4-12-8-16-14-10-19(25-3)18(24-2)9-13(14)6-7-21(16)11-15(12)20(17)22/h4-5,8-11,16,22H,6-7H2,1-3H3/p+1. The van der Waals surface area contributed by atoms with E-state index >= 15 is 0 Å². The molecule has 0 spiro atoms. The quantitative estimate of drug-likeness (QED) is 0.834. The van der Waals surface area contributed by atoms with Crippen molar-refractivity contribution in [3.63, 3.8) is 0 Å². The van der Waals surface area contributed by atoms with Crippen molar-refractivity contribution in [2.75, 3.05) is 27.9 Å². The van der Waals surface area contributed by atoms with E-state index < -0.39 is 0 Å². The van der Waals surface area contributed by atoms with E-state index in [1.807, 2.05) is 12.1 Å². The van der Waals surface area contributed by atoms with Gasteiger partial charge in [0.25, 0.3) is 0 Å². The lowest BCUT2D eigenvalue weighted by Crippen LogP contribution is -3.09. The predicted molar refractivity (Wildman–Crippen MR) is 94.7 cm³/mol. The van der Waals surface area contributed by atoms with Crippen LogP contribution in [0.25, 0.3) is 12.3 Å². The van der Waals surface area contributed by atoms with Crippen LogP contribution in [0.4, 0.5) is 0 Å². The Balaban J connectivity index is 1.88. The van der Waals surface area contributed by atoms with Gasteiger partial charge in [0, 0.05) is 12.0 Å². The number of methoxy groups -OCH3 is 3. The number of hydrogen-bond donors (Lipinski definition) is 2. The molecule has 0 radical (unpaired) electrons. The molecular formula is C20H22NO4+. The maximum Gasteiger partial charge on any atom is 0.171 e. The molecule has 130 valence electrons. The van der Waals surface area contributed by atoms with E-state index in [9.17, 15) is 5.11 Å². The fourth-order valence-electron chi connectivity index (χ4n) is 3.87. The van der Waals surface area contributed by atoms with Crippen molar-refractivity contribution < 1.29 is 24.2 Å². The molecular weight excluding hydrogens is 318 g/mol. The Morgan fingerprint density at radius 1 is 1.00 bits per heavy atom. The van der Waals surface area contributed by atoms with Gasteiger partial charge in [-0.3, -0.25) is 4.90 Å². The van der Waals surface area contributed by atoms with Gasteiger partial charge < -0.3 is 19.3 Å². The Bertz CT molecular complexity index is 951. The third-order valence-corrected chi connectivity index (χ3v) is 5.17. The van der Waals surface area contributed by atoms with Crippen LogP contribution in [0.5, 0.6) is 23.0 Å². The van der Waals surface area contributed by atoms with E-state index in [1.54, 1.807) is 21.3 Å². The number of nitrogens with one attached hydrogen (secondary N) is 1. The van der Waals surface area contributed by atoms with Gasteiger partial charge in [-0.25, -0.2) is 0 Å². The topological polar surface area (TPSA) is 52.4 Å². The van der Waals surface area contributed by atoms with Crippen LogP contribution in [0.2, 0.25) is 0 Å². The van der Waals surface area contributed by atoms with Crippen LogP contribution in [0.15, 0.2) is 24.3 Å². The SMILES string of the molecule is COc1cc2c(cc1OC)C1C=c3ccc(OC)c(O)c3=C[NH+]1CC2. The van der Waals surface area contributed by atoms with E-state index in [-0.39, 0.29) is 11.8 Å². The van der Waals surface area contributed by atoms with E-state index in [1.165, 1.54) is 16.0 Å². The summed E-state index contributed by atoms with van der Waals surface area (Å²) in [6, 6.07) is 8.16. The molecule has 2 aromatic rings. The van der Waals surface area contributed by atoms with Gasteiger partial charge in [-0.05, 0) is 35.1 Å². The average Bonchev–Trinajstić information content (AvgIpc) is 2.66. The minimum absolute atomic E-state index is 0.198. The molecule has 0 saturated carbocycles. The second kappa shape index (κ2) is 6.01. The van der Waals surface area contributed by atoms with Gasteiger partial charge in [-0.15, -0.1) is 0 Å². The van der Waals surface area contributed by atoms with Gasteiger partial charge in [0.1, 0.15) is 12.2 Å². The number of fused-ring (bicyclic) bond motifs is 4. The molecule has 25 heavy (non-hydrogen) atoms. The van der Waals surface area contributed by atoms with Crippen molar-refractivity contribution >= 4 is 12.3 Å². The van der Waals surface area contributed by atoms with E-state index in [0.717, 1.165) is 34.9 Å². The minimum atomic E-state index is 0.198. The third kappa shape index (κ3) is 2.43. The first kappa shape index (κ1) is 15.8. The van der Waals surface area contributed by atoms with Gasteiger partial charge in [0.2, 0.25) is 0 Å². The molecule has 2 N–H and O–H groups in total. The second-order valence-corrected chi connectivity index (χ2v) is 6.39. The first-order valence-corrected chi connectivity index (χ1v) is 8.36. The van der Waals surface area contributed by atoms with Crippen LogP contribution < -0.4 is 29.5 Å². The molecule has 2 aliphatic heterocycles. The van der Waals surface area contributed by atoms with Crippen LogP contribution in [0.3, 0.4) is 0 Å². The van der Waals surface area contributed by atoms with Gasteiger partial charge in [0.15, 0.2) is 23.0 Å². The minimum Gasteiger partial charge on any atom is -0.504 e. The molecule has 0 fully saturated rings. The highest BCUT2D eigenvalue weighted by molar-refractivity contribution is 5.55. The number of rotatable bonds is 3. The zero-order valence-corrected chi connectivity index (χ0v) is 14.6. The number of phenols is 1. The molecule has 0 aliphatic carbocycles. The monoisotopic (exact) mass is 340 g/mol. The summed E-state index contributed by atoms with van der Waals surface area (Å²) in [6.45, 7) is 0.958. The van der Waals surface area contributed by atoms with Crippen molar-refractivity contribution in [1.82, 2.24) is 0 Å². The fraction of sp³-hybridized carbons (Fsp3) is 0.300. The number of hydrogen-bond acceptors (Lipinski definition) is 4. The summed E-state index contributed by atoms with van der Waals surface area (Å²) in [5.41, 5.74) is 2.54. The summed E-state index contributed by atoms with van der Waals surface area (Å²) in [5, 5.41) is 12.3. The molecule has 2 unspecified atom stereocenters. The van der Waals surface area contributed by atoms with Crippen molar-refractivity contribution in [1.29, 1.82) is 0 Å². The fourth-order valence-corrected chi connectivity index (χ4v) is 3.87. The lowest BCUT2D eigenvalue weighted by Gasteiger charge is -2.32. The lowest BCUT2D eigenvalue weighted by atomic mass is 9.90. The highest BCUT2D eigenvalue weighted by Crippen LogP contribution is 2.34. The molecule has 0 saturated heterocycles. The molecule has 0 aromatic heterocycles. The maximum atomic E-state index is 10.4. The molecule has 0 bridgehead atoms. The zero-order chi connectivity index (χ0) is 17.6. The highest BCUT2D eigenvalue weighted by atomic mass is 16.5. The van der Waals surface area contributed by atoms with Crippen LogP contribution >= 0.6 is 0 Å². The van der Waals surface area contributed by atoms with Gasteiger partial charge in [-0.2, -0.15) is 0 Å². The van der Waals surface area contributed by atoms with Crippen LogP contribution in [-0.4, -0.2) is 33.0 Å². The molecule has 5 nitrogen and oxygen atoms in total. The van der Waals surface area contributed by atoms with Crippen molar-refractivity contribution in [3.8, 4) is 23.0 Å². The lowest BCUT2D eigenvalue weighted by molar-refractivity contribution is -0.844. The molecule has 2 aliphatic rings. The summed E-state index contributed by atoms with van der Waals surface area (Å²) in [6.07, 6.45) is 5.27. The third-order valence-electron chi connectivity index (χ3n) is 5.17. The Morgan fingerprint density at radius 2 is 1.72 bits per heavy atom. The molecule has 2 atom stereocenters. The second-order valence-electron chi connectivity index (χ2n) is 6.39. The largest absolute Gasteiger partial charge is 0.504 e. The first-order valence-electron chi connectivity index (χ1n) is 8.36. The highest BCUT2D eigenvalue weighted by Gasteiger charge is 2.32. The summed E-state index contributed by atoms with van der Waals surface area (Å²) in [5.74, 6) is 2.23. The van der Waals surface area contributed by atoms with Crippen molar-refractivity contribution in [2.45, 2.75) is 12.5 Å². The zero-order valence-electron chi connectivity index (χ0n) is 14.6. The Hall–Kier alpha value is -2.66. The summed E-state index contributed by atoms with van der Waals surface area (Å²) in [7, 11) is 4.89. The summed E-state index contributed by atoms with van der Waals surface area (Å²) >= 11 is 0. The van der Waals surface area contributed by atoms with Gasteiger partial charge >= 0.3 is 0 Å². The molecule has 0 amide bonds. The first-order chi connectivity index (χ1) is 12.2.